The molecular weight excluding hydrogens is 396 g/mol. The van der Waals surface area contributed by atoms with E-state index in [-0.39, 0.29) is 18.7 Å². The molecule has 2 amide bonds. The van der Waals surface area contributed by atoms with E-state index in [0.717, 1.165) is 31.4 Å². The highest BCUT2D eigenvalue weighted by Gasteiger charge is 2.28. The van der Waals surface area contributed by atoms with E-state index < -0.39 is 0 Å². The number of ether oxygens (including phenoxy) is 2. The summed E-state index contributed by atoms with van der Waals surface area (Å²) in [5.41, 5.74) is 2.00. The zero-order valence-electron chi connectivity index (χ0n) is 17.1. The van der Waals surface area contributed by atoms with E-state index in [1.54, 1.807) is 0 Å². The average Bonchev–Trinajstić information content (AvgIpc) is 3.49. The van der Waals surface area contributed by atoms with E-state index in [9.17, 15) is 4.79 Å². The highest BCUT2D eigenvalue weighted by molar-refractivity contribution is 5.74. The Morgan fingerprint density at radius 2 is 1.97 bits per heavy atom. The number of nitrogens with zero attached hydrogens (tertiary/aromatic N) is 3. The number of likely N-dealkylation sites (tertiary alicyclic amines) is 1. The number of urea groups is 1. The largest absolute Gasteiger partial charge is 0.454 e. The molecular formula is C23H24N4O4. The van der Waals surface area contributed by atoms with Crippen molar-refractivity contribution in [3.05, 3.63) is 60.0 Å². The minimum Gasteiger partial charge on any atom is -0.454 e. The molecule has 31 heavy (non-hydrogen) atoms. The van der Waals surface area contributed by atoms with E-state index in [2.05, 4.69) is 27.6 Å². The molecule has 8 heteroatoms. The average molecular weight is 420 g/mol. The maximum atomic E-state index is 12.6. The van der Waals surface area contributed by atoms with Crippen LogP contribution in [0.15, 0.2) is 52.9 Å². The third-order valence-corrected chi connectivity index (χ3v) is 5.65. The standard InChI is InChI=1S/C23H24N4O4/c28-23(24-11-10-16-5-2-1-3-6-16)27-12-4-7-18(14-27)22-26-25-21(31-22)17-8-9-19-20(13-17)30-15-29-19/h1-3,5-6,8-9,13,18H,4,7,10-12,14-15H2,(H,24,28)/t18-/m0/s1. The second-order valence-electron chi connectivity index (χ2n) is 7.77. The van der Waals surface area contributed by atoms with E-state index in [4.69, 9.17) is 13.9 Å². The Kier molecular flexibility index (Phi) is 5.43. The third-order valence-electron chi connectivity index (χ3n) is 5.65. The number of piperidine rings is 1. The normalized spacial score (nSPS) is 17.5. The first-order valence-electron chi connectivity index (χ1n) is 10.6. The molecule has 1 aromatic heterocycles. The quantitative estimate of drug-likeness (QED) is 0.678. The maximum absolute atomic E-state index is 12.6. The van der Waals surface area contributed by atoms with E-state index in [1.165, 1.54) is 5.56 Å². The predicted molar refractivity (Wildman–Crippen MR) is 113 cm³/mol. The molecule has 3 aromatic rings. The minimum atomic E-state index is -0.0452. The van der Waals surface area contributed by atoms with Crippen LogP contribution in [0.2, 0.25) is 0 Å². The number of hydrogen-bond acceptors (Lipinski definition) is 6. The van der Waals surface area contributed by atoms with Crippen LogP contribution < -0.4 is 14.8 Å². The lowest BCUT2D eigenvalue weighted by Crippen LogP contribution is -2.45. The number of amides is 2. The minimum absolute atomic E-state index is 0.0314. The Labute approximate surface area is 180 Å². The summed E-state index contributed by atoms with van der Waals surface area (Å²) >= 11 is 0. The number of rotatable bonds is 5. The van der Waals surface area contributed by atoms with Gasteiger partial charge >= 0.3 is 6.03 Å². The van der Waals surface area contributed by atoms with E-state index >= 15 is 0 Å². The molecule has 160 valence electrons. The topological polar surface area (TPSA) is 89.7 Å². The lowest BCUT2D eigenvalue weighted by Gasteiger charge is -2.31. The highest BCUT2D eigenvalue weighted by Crippen LogP contribution is 2.36. The lowest BCUT2D eigenvalue weighted by atomic mass is 9.98. The summed E-state index contributed by atoms with van der Waals surface area (Å²) in [7, 11) is 0. The van der Waals surface area contributed by atoms with Gasteiger partial charge in [-0.2, -0.15) is 0 Å². The molecule has 1 fully saturated rings. The van der Waals surface area contributed by atoms with Gasteiger partial charge in [0.15, 0.2) is 11.5 Å². The molecule has 5 rings (SSSR count). The van der Waals surface area contributed by atoms with Crippen molar-refractivity contribution in [3.63, 3.8) is 0 Å². The molecule has 3 heterocycles. The smallest absolute Gasteiger partial charge is 0.317 e. The van der Waals surface area contributed by atoms with Crippen molar-refractivity contribution in [1.82, 2.24) is 20.4 Å². The summed E-state index contributed by atoms with van der Waals surface area (Å²) in [6.45, 7) is 2.13. The van der Waals surface area contributed by atoms with Crippen LogP contribution in [0.25, 0.3) is 11.5 Å². The van der Waals surface area contributed by atoms with Crippen LogP contribution in [0.3, 0.4) is 0 Å². The van der Waals surface area contributed by atoms with Gasteiger partial charge in [0.2, 0.25) is 18.6 Å². The Hall–Kier alpha value is -3.55. The lowest BCUT2D eigenvalue weighted by molar-refractivity contribution is 0.173. The molecule has 2 aliphatic heterocycles. The van der Waals surface area contributed by atoms with Crippen molar-refractivity contribution in [1.29, 1.82) is 0 Å². The van der Waals surface area contributed by atoms with Crippen molar-refractivity contribution in [3.8, 4) is 23.0 Å². The summed E-state index contributed by atoms with van der Waals surface area (Å²) < 4.78 is 16.7. The highest BCUT2D eigenvalue weighted by atomic mass is 16.7. The summed E-state index contributed by atoms with van der Waals surface area (Å²) in [5, 5.41) is 11.5. The fourth-order valence-corrected chi connectivity index (χ4v) is 3.98. The Bertz CT molecular complexity index is 1050. The van der Waals surface area contributed by atoms with Gasteiger partial charge in [0, 0.05) is 25.2 Å². The molecule has 1 atom stereocenters. The molecule has 2 aromatic carbocycles. The van der Waals surface area contributed by atoms with Crippen LogP contribution in [-0.2, 0) is 6.42 Å². The molecule has 2 aliphatic rings. The van der Waals surface area contributed by atoms with Crippen LogP contribution >= 0.6 is 0 Å². The number of carbonyl (C=O) groups is 1. The van der Waals surface area contributed by atoms with Crippen molar-refractivity contribution in [2.24, 2.45) is 0 Å². The number of fused-ring (bicyclic) bond motifs is 1. The summed E-state index contributed by atoms with van der Waals surface area (Å²) in [4.78, 5) is 14.5. The molecule has 0 radical (unpaired) electrons. The van der Waals surface area contributed by atoms with Crippen LogP contribution in [-0.4, -0.2) is 47.6 Å². The molecule has 0 unspecified atom stereocenters. The number of benzene rings is 2. The van der Waals surface area contributed by atoms with Gasteiger partial charge in [0.25, 0.3) is 0 Å². The van der Waals surface area contributed by atoms with Crippen molar-refractivity contribution in [2.45, 2.75) is 25.2 Å². The second kappa shape index (κ2) is 8.67. The third kappa shape index (κ3) is 4.33. The van der Waals surface area contributed by atoms with Gasteiger partial charge < -0.3 is 24.1 Å². The molecule has 0 saturated carbocycles. The van der Waals surface area contributed by atoms with Crippen LogP contribution in [0.5, 0.6) is 11.5 Å². The van der Waals surface area contributed by atoms with E-state index in [0.29, 0.717) is 36.4 Å². The van der Waals surface area contributed by atoms with Gasteiger partial charge in [-0.3, -0.25) is 0 Å². The van der Waals surface area contributed by atoms with Gasteiger partial charge in [-0.05, 0) is 43.0 Å². The Morgan fingerprint density at radius 1 is 1.10 bits per heavy atom. The van der Waals surface area contributed by atoms with Gasteiger partial charge in [0.1, 0.15) is 0 Å². The molecule has 1 N–H and O–H groups in total. The molecule has 0 aliphatic carbocycles. The van der Waals surface area contributed by atoms with Crippen LogP contribution in [0.4, 0.5) is 4.79 Å². The Balaban J connectivity index is 1.19. The van der Waals surface area contributed by atoms with Gasteiger partial charge in [0.05, 0.1) is 5.92 Å². The molecule has 0 spiro atoms. The molecule has 8 nitrogen and oxygen atoms in total. The van der Waals surface area contributed by atoms with Gasteiger partial charge in [-0.15, -0.1) is 10.2 Å². The first kappa shape index (κ1) is 19.4. The van der Waals surface area contributed by atoms with Gasteiger partial charge in [-0.1, -0.05) is 30.3 Å². The van der Waals surface area contributed by atoms with Crippen LogP contribution in [0, 0.1) is 0 Å². The summed E-state index contributed by atoms with van der Waals surface area (Å²) in [6, 6.07) is 15.6. The fourth-order valence-electron chi connectivity index (χ4n) is 3.98. The van der Waals surface area contributed by atoms with Gasteiger partial charge in [-0.25, -0.2) is 4.79 Å². The second-order valence-corrected chi connectivity index (χ2v) is 7.77. The number of carbonyl (C=O) groups excluding carboxylic acids is 1. The first-order valence-corrected chi connectivity index (χ1v) is 10.6. The number of nitrogens with one attached hydrogen (secondary N) is 1. The monoisotopic (exact) mass is 420 g/mol. The number of hydrogen-bond donors (Lipinski definition) is 1. The summed E-state index contributed by atoms with van der Waals surface area (Å²) in [5.74, 6) is 2.43. The van der Waals surface area contributed by atoms with Crippen molar-refractivity contribution in [2.75, 3.05) is 26.4 Å². The van der Waals surface area contributed by atoms with Crippen molar-refractivity contribution >= 4 is 6.03 Å². The van der Waals surface area contributed by atoms with Crippen molar-refractivity contribution < 1.29 is 18.7 Å². The maximum Gasteiger partial charge on any atom is 0.317 e. The molecule has 1 saturated heterocycles. The Morgan fingerprint density at radius 3 is 2.87 bits per heavy atom. The fraction of sp³-hybridized carbons (Fsp3) is 0.348. The SMILES string of the molecule is O=C(NCCc1ccccc1)N1CCC[C@H](c2nnc(-c3ccc4c(c3)OCO4)o2)C1. The van der Waals surface area contributed by atoms with E-state index in [1.807, 2.05) is 41.3 Å². The first-order chi connectivity index (χ1) is 15.3. The predicted octanol–water partition coefficient (Wildman–Crippen LogP) is 3.60. The summed E-state index contributed by atoms with van der Waals surface area (Å²) in [6.07, 6.45) is 2.63. The van der Waals surface area contributed by atoms with Crippen LogP contribution in [0.1, 0.15) is 30.2 Å². The number of aromatic nitrogens is 2. The zero-order valence-corrected chi connectivity index (χ0v) is 17.1. The zero-order chi connectivity index (χ0) is 21.0. The molecule has 0 bridgehead atoms.